The smallest absolute Gasteiger partial charge is 0.133 e. The molecule has 3 nitrogen and oxygen atoms in total. The van der Waals surface area contributed by atoms with Gasteiger partial charge in [-0.15, -0.1) is 0 Å². The summed E-state index contributed by atoms with van der Waals surface area (Å²) in [7, 11) is 0. The highest BCUT2D eigenvalue weighted by molar-refractivity contribution is 14.1. The third-order valence-corrected chi connectivity index (χ3v) is 3.31. The molecule has 2 rings (SSSR count). The molecule has 19 heavy (non-hydrogen) atoms. The third kappa shape index (κ3) is 3.92. The van der Waals surface area contributed by atoms with E-state index < -0.39 is 0 Å². The van der Waals surface area contributed by atoms with Crippen LogP contribution in [0.2, 0.25) is 0 Å². The molecule has 0 aromatic heterocycles. The highest BCUT2D eigenvalue weighted by Gasteiger charge is 2.03. The average Bonchev–Trinajstić information content (AvgIpc) is 2.40. The Kier molecular flexibility index (Phi) is 4.73. The molecule has 0 radical (unpaired) electrons. The Labute approximate surface area is 123 Å². The minimum Gasteiger partial charge on any atom is -0.488 e. The van der Waals surface area contributed by atoms with Crippen molar-refractivity contribution in [3.05, 3.63) is 63.0 Å². The Hall–Kier alpha value is -1.63. The predicted molar refractivity (Wildman–Crippen MR) is 79.3 cm³/mol. The molecule has 0 bridgehead atoms. The van der Waals surface area contributed by atoms with Gasteiger partial charge >= 0.3 is 0 Å². The Morgan fingerprint density at radius 2 is 1.95 bits per heavy atom. The number of benzene rings is 2. The van der Waals surface area contributed by atoms with Crippen LogP contribution in [0.5, 0.6) is 5.75 Å². The van der Waals surface area contributed by atoms with Gasteiger partial charge in [-0.2, -0.15) is 0 Å². The molecule has 0 unspecified atom stereocenters. The number of ether oxygens (including phenoxy) is 1. The zero-order valence-corrected chi connectivity index (χ0v) is 12.0. The maximum Gasteiger partial charge on any atom is 0.133 e. The second-order valence-corrected chi connectivity index (χ2v) is 5.01. The lowest BCUT2D eigenvalue weighted by Crippen LogP contribution is -1.97. The van der Waals surface area contributed by atoms with E-state index in [-0.39, 0.29) is 5.82 Å². The molecule has 1 N–H and O–H groups in total. The van der Waals surface area contributed by atoms with Crippen molar-refractivity contribution in [3.63, 3.8) is 0 Å². The van der Waals surface area contributed by atoms with Crippen LogP contribution in [0.25, 0.3) is 0 Å². The van der Waals surface area contributed by atoms with Crippen molar-refractivity contribution in [2.24, 2.45) is 5.16 Å². The van der Waals surface area contributed by atoms with Crippen LogP contribution in [0.3, 0.4) is 0 Å². The second-order valence-electron chi connectivity index (χ2n) is 3.85. The fourth-order valence-electron chi connectivity index (χ4n) is 1.52. The maximum absolute atomic E-state index is 12.8. The molecule has 0 fully saturated rings. The lowest BCUT2D eigenvalue weighted by Gasteiger charge is -2.08. The first kappa shape index (κ1) is 13.8. The van der Waals surface area contributed by atoms with Crippen molar-refractivity contribution < 1.29 is 14.3 Å². The molecular formula is C14H11FINO2. The van der Waals surface area contributed by atoms with Gasteiger partial charge in [0.25, 0.3) is 0 Å². The van der Waals surface area contributed by atoms with E-state index in [4.69, 9.17) is 9.94 Å². The van der Waals surface area contributed by atoms with Gasteiger partial charge in [0, 0.05) is 0 Å². The lowest BCUT2D eigenvalue weighted by atomic mass is 10.2. The first-order valence-electron chi connectivity index (χ1n) is 5.53. The van der Waals surface area contributed by atoms with Gasteiger partial charge in [0.2, 0.25) is 0 Å². The van der Waals surface area contributed by atoms with Crippen molar-refractivity contribution in [2.75, 3.05) is 0 Å². The van der Waals surface area contributed by atoms with Crippen molar-refractivity contribution in [2.45, 2.75) is 6.61 Å². The highest BCUT2D eigenvalue weighted by atomic mass is 127. The summed E-state index contributed by atoms with van der Waals surface area (Å²) in [5.41, 5.74) is 1.69. The molecule has 0 heterocycles. The fraction of sp³-hybridized carbons (Fsp3) is 0.0714. The SMILES string of the molecule is O/N=C\c1ccc(OCc2ccc(F)cc2)c(I)c1. The summed E-state index contributed by atoms with van der Waals surface area (Å²) in [5, 5.41) is 11.4. The van der Waals surface area contributed by atoms with E-state index in [2.05, 4.69) is 27.7 Å². The number of oxime groups is 1. The minimum atomic E-state index is -0.258. The molecule has 0 saturated carbocycles. The quantitative estimate of drug-likeness (QED) is 0.384. The van der Waals surface area contributed by atoms with Crippen molar-refractivity contribution >= 4 is 28.8 Å². The van der Waals surface area contributed by atoms with Gasteiger partial charge in [0.1, 0.15) is 18.2 Å². The van der Waals surface area contributed by atoms with Gasteiger partial charge in [0.15, 0.2) is 0 Å². The summed E-state index contributed by atoms with van der Waals surface area (Å²) in [6.07, 6.45) is 1.35. The fourth-order valence-corrected chi connectivity index (χ4v) is 2.22. The molecule has 0 aliphatic carbocycles. The zero-order chi connectivity index (χ0) is 13.7. The largest absolute Gasteiger partial charge is 0.488 e. The molecule has 0 saturated heterocycles. The summed E-state index contributed by atoms with van der Waals surface area (Å²) in [4.78, 5) is 0. The Balaban J connectivity index is 2.05. The molecule has 2 aromatic carbocycles. The highest BCUT2D eigenvalue weighted by Crippen LogP contribution is 2.22. The van der Waals surface area contributed by atoms with Crippen LogP contribution in [-0.2, 0) is 6.61 Å². The standard InChI is InChI=1S/C14H11FINO2/c15-12-4-1-10(2-5-12)9-19-14-6-3-11(8-17-18)7-13(14)16/h1-8,18H,9H2/b17-8-. The Bertz CT molecular complexity index is 584. The van der Waals surface area contributed by atoms with E-state index in [9.17, 15) is 4.39 Å². The molecule has 0 atom stereocenters. The predicted octanol–water partition coefficient (Wildman–Crippen LogP) is 3.82. The van der Waals surface area contributed by atoms with E-state index in [1.54, 1.807) is 18.2 Å². The molecule has 0 amide bonds. The van der Waals surface area contributed by atoms with E-state index in [1.807, 2.05) is 12.1 Å². The second kappa shape index (κ2) is 6.51. The minimum absolute atomic E-state index is 0.258. The summed E-state index contributed by atoms with van der Waals surface area (Å²) >= 11 is 2.15. The topological polar surface area (TPSA) is 41.8 Å². The first-order chi connectivity index (χ1) is 9.19. The van der Waals surface area contributed by atoms with E-state index in [0.717, 1.165) is 20.4 Å². The van der Waals surface area contributed by atoms with E-state index in [1.165, 1.54) is 18.3 Å². The van der Waals surface area contributed by atoms with Gasteiger partial charge in [-0.25, -0.2) is 4.39 Å². The molecule has 98 valence electrons. The van der Waals surface area contributed by atoms with Crippen LogP contribution in [0.4, 0.5) is 4.39 Å². The summed E-state index contributed by atoms with van der Waals surface area (Å²) in [6.45, 7) is 0.379. The van der Waals surface area contributed by atoms with Crippen LogP contribution < -0.4 is 4.74 Å². The molecule has 5 heteroatoms. The molecular weight excluding hydrogens is 360 g/mol. The summed E-state index contributed by atoms with van der Waals surface area (Å²) in [5.74, 6) is 0.478. The van der Waals surface area contributed by atoms with Crippen LogP contribution in [0.15, 0.2) is 47.6 Å². The lowest BCUT2D eigenvalue weighted by molar-refractivity contribution is 0.304. The van der Waals surface area contributed by atoms with E-state index >= 15 is 0 Å². The van der Waals surface area contributed by atoms with Crippen molar-refractivity contribution in [1.82, 2.24) is 0 Å². The molecule has 0 aliphatic heterocycles. The van der Waals surface area contributed by atoms with Crippen LogP contribution in [0.1, 0.15) is 11.1 Å². The van der Waals surface area contributed by atoms with Gasteiger partial charge in [-0.1, -0.05) is 17.3 Å². The van der Waals surface area contributed by atoms with Crippen molar-refractivity contribution in [1.29, 1.82) is 0 Å². The monoisotopic (exact) mass is 371 g/mol. The van der Waals surface area contributed by atoms with Gasteiger partial charge in [0.05, 0.1) is 9.78 Å². The van der Waals surface area contributed by atoms with Gasteiger partial charge in [-0.3, -0.25) is 0 Å². The first-order valence-corrected chi connectivity index (χ1v) is 6.61. The molecule has 0 spiro atoms. The van der Waals surface area contributed by atoms with Crippen LogP contribution in [-0.4, -0.2) is 11.4 Å². The summed E-state index contributed by atoms with van der Waals surface area (Å²) < 4.78 is 19.3. The number of hydrogen-bond acceptors (Lipinski definition) is 3. The number of nitrogens with zero attached hydrogens (tertiary/aromatic N) is 1. The Morgan fingerprint density at radius 3 is 2.58 bits per heavy atom. The summed E-state index contributed by atoms with van der Waals surface area (Å²) in [6, 6.07) is 11.6. The molecule has 2 aromatic rings. The zero-order valence-electron chi connectivity index (χ0n) is 9.88. The van der Waals surface area contributed by atoms with Crippen molar-refractivity contribution in [3.8, 4) is 5.75 Å². The molecule has 0 aliphatic rings. The van der Waals surface area contributed by atoms with Crippen LogP contribution in [0, 0.1) is 9.39 Å². The van der Waals surface area contributed by atoms with Crippen LogP contribution >= 0.6 is 22.6 Å². The number of rotatable bonds is 4. The normalized spacial score (nSPS) is 10.8. The van der Waals surface area contributed by atoms with Gasteiger partial charge < -0.3 is 9.94 Å². The van der Waals surface area contributed by atoms with E-state index in [0.29, 0.717) is 6.61 Å². The third-order valence-electron chi connectivity index (χ3n) is 2.47. The number of halogens is 2. The maximum atomic E-state index is 12.8. The Morgan fingerprint density at radius 1 is 1.21 bits per heavy atom. The average molecular weight is 371 g/mol. The number of hydrogen-bond donors (Lipinski definition) is 1. The van der Waals surface area contributed by atoms with Gasteiger partial charge in [-0.05, 0) is 64.0 Å².